The van der Waals surface area contributed by atoms with Crippen LogP contribution in [0.3, 0.4) is 0 Å². The molecule has 0 unspecified atom stereocenters. The topological polar surface area (TPSA) is 72.9 Å². The van der Waals surface area contributed by atoms with Crippen LogP contribution in [0, 0.1) is 5.92 Å². The van der Waals surface area contributed by atoms with Crippen LogP contribution < -0.4 is 0 Å². The highest BCUT2D eigenvalue weighted by Gasteiger charge is 2.57. The lowest BCUT2D eigenvalue weighted by Crippen LogP contribution is -2.52. The van der Waals surface area contributed by atoms with Crippen LogP contribution in [-0.2, 0) is 25.7 Å². The predicted molar refractivity (Wildman–Crippen MR) is 89.6 cm³/mol. The number of carbonyl (C=O) groups excluding carboxylic acids is 3. The van der Waals surface area contributed by atoms with Crippen LogP contribution in [0.1, 0.15) is 39.2 Å². The molecule has 0 aromatic heterocycles. The van der Waals surface area contributed by atoms with Crippen molar-refractivity contribution in [1.82, 2.24) is 4.90 Å². The van der Waals surface area contributed by atoms with E-state index in [1.165, 1.54) is 4.90 Å². The first kappa shape index (κ1) is 17.5. The number of Topliss-reactive ketones (excluding diaryl/α,β-unsaturated/α-hetero) is 1. The maximum atomic E-state index is 12.5. The summed E-state index contributed by atoms with van der Waals surface area (Å²) in [5.74, 6) is -0.671. The van der Waals surface area contributed by atoms with Crippen molar-refractivity contribution in [3.63, 3.8) is 0 Å². The monoisotopic (exact) mass is 345 g/mol. The Kier molecular flexibility index (Phi) is 4.54. The maximum Gasteiger partial charge on any atom is 0.411 e. The van der Waals surface area contributed by atoms with Gasteiger partial charge in [-0.05, 0) is 32.8 Å². The van der Waals surface area contributed by atoms with Gasteiger partial charge in [0.25, 0.3) is 0 Å². The number of nitrogens with zero attached hydrogens (tertiary/aromatic N) is 1. The van der Waals surface area contributed by atoms with Gasteiger partial charge in [0.2, 0.25) is 0 Å². The quantitative estimate of drug-likeness (QED) is 0.788. The highest BCUT2D eigenvalue weighted by atomic mass is 16.6. The molecule has 134 valence electrons. The number of hydrogen-bond donors (Lipinski definition) is 0. The molecule has 2 fully saturated rings. The van der Waals surface area contributed by atoms with Crippen molar-refractivity contribution in [3.8, 4) is 0 Å². The van der Waals surface area contributed by atoms with E-state index in [1.807, 2.05) is 30.3 Å². The third-order valence-corrected chi connectivity index (χ3v) is 4.56. The second-order valence-electron chi connectivity index (χ2n) is 7.58. The molecule has 25 heavy (non-hydrogen) atoms. The molecule has 1 saturated heterocycles. The molecule has 0 N–H and O–H groups in total. The summed E-state index contributed by atoms with van der Waals surface area (Å²) in [6.45, 7) is 5.45. The molecule has 1 heterocycles. The molecule has 1 amide bonds. The number of ketones is 1. The summed E-state index contributed by atoms with van der Waals surface area (Å²) in [5, 5.41) is 0. The SMILES string of the molecule is CC(C)(C)OC(=O)N1[C@@H]2CC(=O)[C@@H]2C[C@H]1C(=O)OCc1ccccc1. The lowest BCUT2D eigenvalue weighted by atomic mass is 9.78. The van der Waals surface area contributed by atoms with Crippen molar-refractivity contribution in [1.29, 1.82) is 0 Å². The lowest BCUT2D eigenvalue weighted by Gasteiger charge is -2.36. The number of amides is 1. The van der Waals surface area contributed by atoms with Crippen LogP contribution in [0.4, 0.5) is 4.79 Å². The fourth-order valence-corrected chi connectivity index (χ4v) is 3.33. The second kappa shape index (κ2) is 6.50. The molecule has 3 atom stereocenters. The predicted octanol–water partition coefficient (Wildman–Crippen LogP) is 2.70. The molecule has 1 aliphatic carbocycles. The van der Waals surface area contributed by atoms with Gasteiger partial charge in [0, 0.05) is 12.3 Å². The van der Waals surface area contributed by atoms with Gasteiger partial charge in [0.05, 0.1) is 6.04 Å². The first-order valence-electron chi connectivity index (χ1n) is 8.51. The van der Waals surface area contributed by atoms with Crippen molar-refractivity contribution in [2.45, 2.75) is 57.9 Å². The minimum atomic E-state index is -0.764. The van der Waals surface area contributed by atoms with Crippen LogP contribution in [0.15, 0.2) is 30.3 Å². The number of fused-ring (bicyclic) bond motifs is 1. The molecule has 1 aromatic carbocycles. The molecule has 6 heteroatoms. The molecule has 1 saturated carbocycles. The van der Waals surface area contributed by atoms with Crippen LogP contribution in [-0.4, -0.2) is 40.4 Å². The van der Waals surface area contributed by atoms with Gasteiger partial charge in [-0.3, -0.25) is 9.69 Å². The van der Waals surface area contributed by atoms with Gasteiger partial charge in [0.1, 0.15) is 24.0 Å². The Labute approximate surface area is 147 Å². The van der Waals surface area contributed by atoms with Gasteiger partial charge in [-0.15, -0.1) is 0 Å². The average molecular weight is 345 g/mol. The number of likely N-dealkylation sites (tertiary alicyclic amines) is 1. The summed E-state index contributed by atoms with van der Waals surface area (Å²) in [6, 6.07) is 8.32. The van der Waals surface area contributed by atoms with Gasteiger partial charge < -0.3 is 9.47 Å². The Morgan fingerprint density at radius 2 is 1.88 bits per heavy atom. The number of benzene rings is 1. The van der Waals surface area contributed by atoms with Crippen LogP contribution in [0.2, 0.25) is 0 Å². The van der Waals surface area contributed by atoms with Crippen molar-refractivity contribution in [3.05, 3.63) is 35.9 Å². The molecule has 0 radical (unpaired) electrons. The number of ether oxygens (including phenoxy) is 2. The number of esters is 1. The van der Waals surface area contributed by atoms with E-state index >= 15 is 0 Å². The Hall–Kier alpha value is -2.37. The van der Waals surface area contributed by atoms with E-state index in [-0.39, 0.29) is 30.8 Å². The van der Waals surface area contributed by atoms with Crippen LogP contribution >= 0.6 is 0 Å². The molecular weight excluding hydrogens is 322 g/mol. The summed E-state index contributed by atoms with van der Waals surface area (Å²) in [7, 11) is 0. The van der Waals surface area contributed by atoms with E-state index in [1.54, 1.807) is 20.8 Å². The zero-order valence-corrected chi connectivity index (χ0v) is 14.7. The van der Waals surface area contributed by atoms with Crippen molar-refractivity contribution < 1.29 is 23.9 Å². The highest BCUT2D eigenvalue weighted by molar-refractivity contribution is 5.94. The van der Waals surface area contributed by atoms with E-state index in [9.17, 15) is 14.4 Å². The summed E-state index contributed by atoms with van der Waals surface area (Å²) < 4.78 is 10.8. The third kappa shape index (κ3) is 3.67. The Morgan fingerprint density at radius 1 is 1.20 bits per heavy atom. The van der Waals surface area contributed by atoms with E-state index in [4.69, 9.17) is 9.47 Å². The maximum absolute atomic E-state index is 12.5. The summed E-state index contributed by atoms with van der Waals surface area (Å²) >= 11 is 0. The number of hydrogen-bond acceptors (Lipinski definition) is 5. The fraction of sp³-hybridized carbons (Fsp3) is 0.526. The minimum Gasteiger partial charge on any atom is -0.459 e. The van der Waals surface area contributed by atoms with Crippen LogP contribution in [0.25, 0.3) is 0 Å². The smallest absolute Gasteiger partial charge is 0.411 e. The Morgan fingerprint density at radius 3 is 2.48 bits per heavy atom. The van der Waals surface area contributed by atoms with E-state index < -0.39 is 23.7 Å². The van der Waals surface area contributed by atoms with Crippen LogP contribution in [0.5, 0.6) is 0 Å². The Balaban J connectivity index is 1.70. The summed E-state index contributed by atoms with van der Waals surface area (Å²) in [5.41, 5.74) is 0.207. The third-order valence-electron chi connectivity index (χ3n) is 4.56. The molecule has 1 aliphatic heterocycles. The second-order valence-corrected chi connectivity index (χ2v) is 7.58. The molecule has 2 aliphatic rings. The summed E-state index contributed by atoms with van der Waals surface area (Å²) in [4.78, 5) is 38.3. The number of carbonyl (C=O) groups is 3. The van der Waals surface area contributed by atoms with E-state index in [0.29, 0.717) is 6.42 Å². The van der Waals surface area contributed by atoms with Gasteiger partial charge in [-0.2, -0.15) is 0 Å². The molecule has 3 rings (SSSR count). The van der Waals surface area contributed by atoms with Crippen molar-refractivity contribution >= 4 is 17.8 Å². The van der Waals surface area contributed by atoms with Gasteiger partial charge in [0.15, 0.2) is 0 Å². The van der Waals surface area contributed by atoms with Gasteiger partial charge >= 0.3 is 12.1 Å². The zero-order valence-electron chi connectivity index (χ0n) is 14.7. The standard InChI is InChI=1S/C19H23NO5/c1-19(2,3)25-18(23)20-14-10-16(21)13(14)9-15(20)17(22)24-11-12-7-5-4-6-8-12/h4-8,13-15H,9-11H2,1-3H3/t13-,14-,15+/m1/s1. The molecular formula is C19H23NO5. The van der Waals surface area contributed by atoms with E-state index in [0.717, 1.165) is 5.56 Å². The average Bonchev–Trinajstić information content (AvgIpc) is 2.85. The highest BCUT2D eigenvalue weighted by Crippen LogP contribution is 2.42. The minimum absolute atomic E-state index is 0.0944. The number of rotatable bonds is 3. The first-order chi connectivity index (χ1) is 11.8. The van der Waals surface area contributed by atoms with Crippen molar-refractivity contribution in [2.24, 2.45) is 5.92 Å². The van der Waals surface area contributed by atoms with E-state index in [2.05, 4.69) is 0 Å². The van der Waals surface area contributed by atoms with Crippen molar-refractivity contribution in [2.75, 3.05) is 0 Å². The lowest BCUT2D eigenvalue weighted by molar-refractivity contribution is -0.150. The molecule has 1 aromatic rings. The fourth-order valence-electron chi connectivity index (χ4n) is 3.33. The molecule has 6 nitrogen and oxygen atoms in total. The zero-order chi connectivity index (χ0) is 18.2. The summed E-state index contributed by atoms with van der Waals surface area (Å²) in [6.07, 6.45) is 0.0390. The van der Waals surface area contributed by atoms with Gasteiger partial charge in [-0.25, -0.2) is 9.59 Å². The molecule has 0 spiro atoms. The molecule has 0 bridgehead atoms. The Bertz CT molecular complexity index is 679. The van der Waals surface area contributed by atoms with Gasteiger partial charge in [-0.1, -0.05) is 30.3 Å². The largest absolute Gasteiger partial charge is 0.459 e. The first-order valence-corrected chi connectivity index (χ1v) is 8.51. The normalized spacial score (nSPS) is 25.2.